The fourth-order valence-electron chi connectivity index (χ4n) is 2.09. The summed E-state index contributed by atoms with van der Waals surface area (Å²) in [6.45, 7) is 3.00. The van der Waals surface area contributed by atoms with Gasteiger partial charge in [-0.25, -0.2) is 0 Å². The maximum atomic E-state index is 12.0. The Morgan fingerprint density at radius 2 is 1.80 bits per heavy atom. The highest BCUT2D eigenvalue weighted by atomic mass is 16.3. The molecule has 0 aromatic heterocycles. The van der Waals surface area contributed by atoms with Crippen LogP contribution in [0.15, 0.2) is 30.3 Å². The third kappa shape index (κ3) is 6.28. The van der Waals surface area contributed by atoms with Crippen LogP contribution in [0.4, 0.5) is 0 Å². The van der Waals surface area contributed by atoms with Crippen molar-refractivity contribution < 1.29 is 24.6 Å². The number of nitrogens with one attached hydrogen (secondary N) is 1. The zero-order valence-electron chi connectivity index (χ0n) is 14.9. The number of carbonyl (C=O) groups is 3. The van der Waals surface area contributed by atoms with Gasteiger partial charge in [0.05, 0.1) is 6.61 Å². The van der Waals surface area contributed by atoms with E-state index < -0.39 is 29.1 Å². The van der Waals surface area contributed by atoms with Crippen LogP contribution in [-0.4, -0.2) is 59.0 Å². The summed E-state index contributed by atoms with van der Waals surface area (Å²) in [5.41, 5.74) is -0.0754. The van der Waals surface area contributed by atoms with Gasteiger partial charge in [-0.15, -0.1) is 0 Å². The average molecular weight is 350 g/mol. The molecule has 0 aliphatic heterocycles. The van der Waals surface area contributed by atoms with E-state index in [2.05, 4.69) is 5.32 Å². The molecule has 1 rings (SSSR count). The Morgan fingerprint density at radius 3 is 2.36 bits per heavy atom. The van der Waals surface area contributed by atoms with Gasteiger partial charge in [-0.2, -0.15) is 0 Å². The third-order valence-electron chi connectivity index (χ3n) is 3.90. The van der Waals surface area contributed by atoms with Crippen molar-refractivity contribution in [3.05, 3.63) is 35.9 Å². The molecular weight excluding hydrogens is 324 g/mol. The van der Waals surface area contributed by atoms with E-state index in [1.54, 1.807) is 20.9 Å². The summed E-state index contributed by atoms with van der Waals surface area (Å²) in [7, 11) is 1.54. The summed E-state index contributed by atoms with van der Waals surface area (Å²) in [6, 6.07) is 9.29. The van der Waals surface area contributed by atoms with Crippen molar-refractivity contribution in [2.75, 3.05) is 20.2 Å². The Kier molecular flexibility index (Phi) is 7.73. The minimum absolute atomic E-state index is 0.0544. The first-order chi connectivity index (χ1) is 11.7. The summed E-state index contributed by atoms with van der Waals surface area (Å²) in [4.78, 5) is 37.1. The number of aliphatic hydroxyl groups excluding tert-OH is 2. The van der Waals surface area contributed by atoms with Gasteiger partial charge in [0.25, 0.3) is 5.91 Å². The zero-order chi connectivity index (χ0) is 19.0. The van der Waals surface area contributed by atoms with Gasteiger partial charge in [0, 0.05) is 32.0 Å². The molecule has 3 N–H and O–H groups in total. The number of ketones is 1. The second kappa shape index (κ2) is 9.29. The number of benzene rings is 1. The maximum absolute atomic E-state index is 12.0. The lowest BCUT2D eigenvalue weighted by Gasteiger charge is -2.27. The number of aliphatic hydroxyl groups is 2. The van der Waals surface area contributed by atoms with Crippen LogP contribution in [-0.2, 0) is 20.9 Å². The zero-order valence-corrected chi connectivity index (χ0v) is 14.9. The van der Waals surface area contributed by atoms with Gasteiger partial charge in [-0.1, -0.05) is 44.2 Å². The Morgan fingerprint density at radius 1 is 1.20 bits per heavy atom. The van der Waals surface area contributed by atoms with Crippen LogP contribution in [0.1, 0.15) is 25.8 Å². The monoisotopic (exact) mass is 350 g/mol. The van der Waals surface area contributed by atoms with Crippen molar-refractivity contribution in [2.24, 2.45) is 5.41 Å². The standard InChI is InChI=1S/C18H26N2O5/c1-18(2,12-21)15(23)16(24)19-10-9-14(22)17(25)20(3)11-13-7-5-4-6-8-13/h4-8,15,21,23H,9-12H2,1-3H3,(H,19,24)/t15-/m0/s1. The lowest BCUT2D eigenvalue weighted by molar-refractivity contribution is -0.144. The highest BCUT2D eigenvalue weighted by Gasteiger charge is 2.32. The van der Waals surface area contributed by atoms with Crippen molar-refractivity contribution in [3.63, 3.8) is 0 Å². The molecule has 1 aromatic carbocycles. The number of nitrogens with zero attached hydrogens (tertiary/aromatic N) is 1. The van der Waals surface area contributed by atoms with Crippen LogP contribution >= 0.6 is 0 Å². The molecule has 0 bridgehead atoms. The number of carbonyl (C=O) groups excluding carboxylic acids is 3. The molecule has 0 aliphatic carbocycles. The summed E-state index contributed by atoms with van der Waals surface area (Å²) >= 11 is 0. The van der Waals surface area contributed by atoms with Crippen LogP contribution in [0.3, 0.4) is 0 Å². The normalized spacial score (nSPS) is 12.4. The lowest BCUT2D eigenvalue weighted by atomic mass is 9.87. The molecule has 0 fully saturated rings. The largest absolute Gasteiger partial charge is 0.396 e. The molecule has 138 valence electrons. The van der Waals surface area contributed by atoms with Crippen LogP contribution in [0.2, 0.25) is 0 Å². The third-order valence-corrected chi connectivity index (χ3v) is 3.90. The number of hydrogen-bond acceptors (Lipinski definition) is 5. The van der Waals surface area contributed by atoms with Crippen LogP contribution in [0.5, 0.6) is 0 Å². The second-order valence-corrected chi connectivity index (χ2v) is 6.66. The minimum atomic E-state index is -1.40. The first-order valence-electron chi connectivity index (χ1n) is 8.08. The Bertz CT molecular complexity index is 601. The van der Waals surface area contributed by atoms with Crippen LogP contribution in [0, 0.1) is 5.41 Å². The summed E-state index contributed by atoms with van der Waals surface area (Å²) in [5.74, 6) is -1.93. The number of hydrogen-bond donors (Lipinski definition) is 3. The van der Waals surface area contributed by atoms with E-state index in [9.17, 15) is 19.5 Å². The van der Waals surface area contributed by atoms with Gasteiger partial charge >= 0.3 is 0 Å². The first-order valence-corrected chi connectivity index (χ1v) is 8.08. The van der Waals surface area contributed by atoms with E-state index in [0.717, 1.165) is 5.56 Å². The highest BCUT2D eigenvalue weighted by molar-refractivity contribution is 6.36. The molecule has 1 atom stereocenters. The first kappa shape index (κ1) is 20.8. The molecule has 0 unspecified atom stereocenters. The Labute approximate surface area is 147 Å². The van der Waals surface area contributed by atoms with Gasteiger partial charge in [-0.3, -0.25) is 14.4 Å². The molecular formula is C18H26N2O5. The molecule has 0 saturated carbocycles. The summed E-state index contributed by atoms with van der Waals surface area (Å²) in [6.07, 6.45) is -1.56. The number of Topliss-reactive ketones (excluding diaryl/α,β-unsaturated/α-hetero) is 1. The molecule has 2 amide bonds. The average Bonchev–Trinajstić information content (AvgIpc) is 2.60. The molecule has 7 nitrogen and oxygen atoms in total. The van der Waals surface area contributed by atoms with Gasteiger partial charge in [0.1, 0.15) is 6.10 Å². The van der Waals surface area contributed by atoms with E-state index in [1.165, 1.54) is 4.90 Å². The maximum Gasteiger partial charge on any atom is 0.290 e. The fourth-order valence-corrected chi connectivity index (χ4v) is 2.09. The Balaban J connectivity index is 2.43. The van der Waals surface area contributed by atoms with Gasteiger partial charge in [0.2, 0.25) is 11.7 Å². The van der Waals surface area contributed by atoms with E-state index in [-0.39, 0.29) is 19.6 Å². The molecule has 0 spiro atoms. The van der Waals surface area contributed by atoms with Crippen molar-refractivity contribution in [3.8, 4) is 0 Å². The number of rotatable bonds is 9. The van der Waals surface area contributed by atoms with Crippen LogP contribution in [0.25, 0.3) is 0 Å². The number of amides is 2. The quantitative estimate of drug-likeness (QED) is 0.548. The van der Waals surface area contributed by atoms with Crippen molar-refractivity contribution in [1.82, 2.24) is 10.2 Å². The van der Waals surface area contributed by atoms with Crippen molar-refractivity contribution in [1.29, 1.82) is 0 Å². The molecule has 0 aliphatic rings. The van der Waals surface area contributed by atoms with Gasteiger partial charge in [0.15, 0.2) is 0 Å². The molecule has 7 heteroatoms. The highest BCUT2D eigenvalue weighted by Crippen LogP contribution is 2.19. The van der Waals surface area contributed by atoms with E-state index >= 15 is 0 Å². The summed E-state index contributed by atoms with van der Waals surface area (Å²) < 4.78 is 0. The van der Waals surface area contributed by atoms with Gasteiger partial charge in [-0.05, 0) is 5.56 Å². The summed E-state index contributed by atoms with van der Waals surface area (Å²) in [5, 5.41) is 21.4. The smallest absolute Gasteiger partial charge is 0.290 e. The van der Waals surface area contributed by atoms with Crippen molar-refractivity contribution >= 4 is 17.6 Å². The van der Waals surface area contributed by atoms with Gasteiger partial charge < -0.3 is 20.4 Å². The molecule has 0 saturated heterocycles. The molecule has 0 heterocycles. The lowest BCUT2D eigenvalue weighted by Crippen LogP contribution is -2.46. The minimum Gasteiger partial charge on any atom is -0.396 e. The SMILES string of the molecule is CN(Cc1ccccc1)C(=O)C(=O)CCNC(=O)[C@H](O)C(C)(C)CO. The topological polar surface area (TPSA) is 107 Å². The molecule has 25 heavy (non-hydrogen) atoms. The van der Waals surface area contributed by atoms with E-state index in [4.69, 9.17) is 5.11 Å². The number of likely N-dealkylation sites (N-methyl/N-ethyl adjacent to an activating group) is 1. The molecule has 0 radical (unpaired) electrons. The van der Waals surface area contributed by atoms with E-state index in [0.29, 0.717) is 6.54 Å². The predicted octanol–water partition coefficient (Wildman–Crippen LogP) is 0.0998. The van der Waals surface area contributed by atoms with E-state index in [1.807, 2.05) is 30.3 Å². The Hall–Kier alpha value is -2.25. The second-order valence-electron chi connectivity index (χ2n) is 6.66. The predicted molar refractivity (Wildman–Crippen MR) is 92.4 cm³/mol. The molecule has 1 aromatic rings. The van der Waals surface area contributed by atoms with Crippen LogP contribution < -0.4 is 5.32 Å². The fraction of sp³-hybridized carbons (Fsp3) is 0.500. The van der Waals surface area contributed by atoms with Crippen molar-refractivity contribution in [2.45, 2.75) is 32.9 Å².